The van der Waals surface area contributed by atoms with Gasteiger partial charge in [-0.15, -0.1) is 0 Å². The molecule has 0 saturated carbocycles. The summed E-state index contributed by atoms with van der Waals surface area (Å²) in [4.78, 5) is 15.8. The Labute approximate surface area is 134 Å². The molecule has 0 aliphatic carbocycles. The van der Waals surface area contributed by atoms with Gasteiger partial charge in [-0.05, 0) is 30.7 Å². The summed E-state index contributed by atoms with van der Waals surface area (Å²) < 4.78 is 0. The van der Waals surface area contributed by atoms with Crippen LogP contribution in [0.25, 0.3) is 6.08 Å². The molecule has 0 aliphatic heterocycles. The first-order chi connectivity index (χ1) is 10.7. The smallest absolute Gasteiger partial charge is 0.250 e. The lowest BCUT2D eigenvalue weighted by atomic mass is 10.2. The predicted molar refractivity (Wildman–Crippen MR) is 91.7 cm³/mol. The highest BCUT2D eigenvalue weighted by Gasteiger charge is 2.01. The molecule has 2 aromatic rings. The Morgan fingerprint density at radius 2 is 2.00 bits per heavy atom. The molecule has 0 unspecified atom stereocenters. The van der Waals surface area contributed by atoms with E-state index in [4.69, 9.17) is 0 Å². The molecule has 112 valence electrons. The summed E-state index contributed by atoms with van der Waals surface area (Å²) in [6.07, 6.45) is 5.52. The molecule has 1 aromatic carbocycles. The van der Waals surface area contributed by atoms with E-state index in [0.29, 0.717) is 0 Å². The van der Waals surface area contributed by atoms with E-state index >= 15 is 0 Å². The molecule has 0 atom stereocenters. The van der Waals surface area contributed by atoms with Crippen LogP contribution in [0.1, 0.15) is 12.5 Å². The van der Waals surface area contributed by atoms with Gasteiger partial charge in [0.1, 0.15) is 0 Å². The highest BCUT2D eigenvalue weighted by molar-refractivity contribution is 7.99. The molecule has 5 heteroatoms. The molecule has 1 amide bonds. The summed E-state index contributed by atoms with van der Waals surface area (Å²) in [6.45, 7) is 1.84. The third-order valence-corrected chi connectivity index (χ3v) is 3.61. The van der Waals surface area contributed by atoms with Gasteiger partial charge in [0.25, 0.3) is 0 Å². The molecule has 0 aliphatic rings. The third-order valence-electron chi connectivity index (χ3n) is 2.66. The number of benzene rings is 1. The molecule has 1 N–H and O–H groups in total. The lowest BCUT2D eigenvalue weighted by molar-refractivity contribution is -0.118. The van der Waals surface area contributed by atoms with Gasteiger partial charge in [-0.2, -0.15) is 5.10 Å². The molecule has 2 rings (SSSR count). The predicted octanol–water partition coefficient (Wildman–Crippen LogP) is 3.38. The first-order valence-corrected chi connectivity index (χ1v) is 7.83. The summed E-state index contributed by atoms with van der Waals surface area (Å²) in [5.41, 5.74) is 4.37. The van der Waals surface area contributed by atoms with Gasteiger partial charge in [-0.25, -0.2) is 10.4 Å². The Bertz CT molecular complexity index is 654. The monoisotopic (exact) mass is 311 g/mol. The van der Waals surface area contributed by atoms with Crippen LogP contribution < -0.4 is 5.43 Å². The van der Waals surface area contributed by atoms with E-state index in [1.165, 1.54) is 11.8 Å². The molecule has 22 heavy (non-hydrogen) atoms. The standard InChI is InChI=1S/C17H17N3OS/c1-14(10-11-15-7-3-2-4-8-15)19-20-16(21)13-22-17-9-5-6-12-18-17/h2-12H,13H2,1H3,(H,20,21)/b11-10+,19-14?. The highest BCUT2D eigenvalue weighted by Crippen LogP contribution is 2.12. The number of carbonyl (C=O) groups excluding carboxylic acids is 1. The van der Waals surface area contributed by atoms with Gasteiger partial charge in [0, 0.05) is 6.20 Å². The summed E-state index contributed by atoms with van der Waals surface area (Å²) in [5.74, 6) is 0.138. The minimum Gasteiger partial charge on any atom is -0.272 e. The van der Waals surface area contributed by atoms with E-state index < -0.39 is 0 Å². The van der Waals surface area contributed by atoms with Crippen molar-refractivity contribution >= 4 is 29.5 Å². The van der Waals surface area contributed by atoms with E-state index in [2.05, 4.69) is 15.5 Å². The number of nitrogens with zero attached hydrogens (tertiary/aromatic N) is 2. The number of nitrogens with one attached hydrogen (secondary N) is 1. The average Bonchev–Trinajstić information content (AvgIpc) is 2.58. The zero-order valence-electron chi connectivity index (χ0n) is 12.3. The highest BCUT2D eigenvalue weighted by atomic mass is 32.2. The topological polar surface area (TPSA) is 54.4 Å². The fourth-order valence-electron chi connectivity index (χ4n) is 1.57. The fourth-order valence-corrected chi connectivity index (χ4v) is 2.23. The van der Waals surface area contributed by atoms with Crippen LogP contribution in [0, 0.1) is 0 Å². The van der Waals surface area contributed by atoms with Gasteiger partial charge in [0.05, 0.1) is 16.5 Å². The third kappa shape index (κ3) is 5.93. The fraction of sp³-hybridized carbons (Fsp3) is 0.118. The molecule has 0 radical (unpaired) electrons. The molecule has 0 spiro atoms. The Morgan fingerprint density at radius 3 is 2.73 bits per heavy atom. The van der Waals surface area contributed by atoms with Crippen molar-refractivity contribution in [2.45, 2.75) is 11.9 Å². The first kappa shape index (κ1) is 16.0. The number of carbonyl (C=O) groups is 1. The quantitative estimate of drug-likeness (QED) is 0.505. The molecular formula is C17H17N3OS. The van der Waals surface area contributed by atoms with Crippen LogP contribution >= 0.6 is 11.8 Å². The van der Waals surface area contributed by atoms with Crippen LogP contribution in [0.4, 0.5) is 0 Å². The minimum absolute atomic E-state index is 0.150. The zero-order chi connectivity index (χ0) is 15.6. The Morgan fingerprint density at radius 1 is 1.23 bits per heavy atom. The second-order valence-corrected chi connectivity index (χ2v) is 5.48. The van der Waals surface area contributed by atoms with Crippen LogP contribution in [0.2, 0.25) is 0 Å². The van der Waals surface area contributed by atoms with Crippen molar-refractivity contribution in [3.05, 3.63) is 66.4 Å². The van der Waals surface area contributed by atoms with Crippen molar-refractivity contribution in [1.29, 1.82) is 0 Å². The Kier molecular flexibility index (Phi) is 6.39. The van der Waals surface area contributed by atoms with Crippen LogP contribution in [0.3, 0.4) is 0 Å². The summed E-state index contributed by atoms with van der Waals surface area (Å²) >= 11 is 1.38. The van der Waals surface area contributed by atoms with E-state index in [-0.39, 0.29) is 11.7 Å². The van der Waals surface area contributed by atoms with Gasteiger partial charge < -0.3 is 0 Å². The number of allylic oxidation sites excluding steroid dienone is 1. The molecule has 0 fully saturated rings. The number of rotatable bonds is 6. The number of hydrogen-bond donors (Lipinski definition) is 1. The maximum absolute atomic E-state index is 11.7. The van der Waals surface area contributed by atoms with E-state index in [1.807, 2.05) is 67.6 Å². The molecule has 0 bridgehead atoms. The maximum atomic E-state index is 11.7. The van der Waals surface area contributed by atoms with E-state index in [1.54, 1.807) is 6.20 Å². The van der Waals surface area contributed by atoms with Crippen molar-refractivity contribution in [3.63, 3.8) is 0 Å². The number of hydrogen-bond acceptors (Lipinski definition) is 4. The number of amides is 1. The number of aromatic nitrogens is 1. The maximum Gasteiger partial charge on any atom is 0.250 e. The van der Waals surface area contributed by atoms with Crippen LogP contribution in [0.5, 0.6) is 0 Å². The minimum atomic E-state index is -0.150. The average molecular weight is 311 g/mol. The molecule has 1 aromatic heterocycles. The second-order valence-electron chi connectivity index (χ2n) is 4.49. The molecule has 0 saturated heterocycles. The lowest BCUT2D eigenvalue weighted by Gasteiger charge is -2.00. The summed E-state index contributed by atoms with van der Waals surface area (Å²) in [5, 5.41) is 4.87. The van der Waals surface area contributed by atoms with Crippen LogP contribution in [0.15, 0.2) is 70.9 Å². The molecule has 1 heterocycles. The van der Waals surface area contributed by atoms with E-state index in [9.17, 15) is 4.79 Å². The van der Waals surface area contributed by atoms with Crippen molar-refractivity contribution < 1.29 is 4.79 Å². The Hall–Kier alpha value is -2.40. The van der Waals surface area contributed by atoms with E-state index in [0.717, 1.165) is 16.3 Å². The molecule has 4 nitrogen and oxygen atoms in total. The number of hydrazone groups is 1. The first-order valence-electron chi connectivity index (χ1n) is 6.84. The molecular weight excluding hydrogens is 294 g/mol. The second kappa shape index (κ2) is 8.79. The van der Waals surface area contributed by atoms with Crippen molar-refractivity contribution in [1.82, 2.24) is 10.4 Å². The van der Waals surface area contributed by atoms with Gasteiger partial charge in [0.2, 0.25) is 5.91 Å². The number of pyridine rings is 1. The van der Waals surface area contributed by atoms with Crippen molar-refractivity contribution in [3.8, 4) is 0 Å². The van der Waals surface area contributed by atoms with Gasteiger partial charge in [0.15, 0.2) is 0 Å². The zero-order valence-corrected chi connectivity index (χ0v) is 13.1. The number of thioether (sulfide) groups is 1. The summed E-state index contributed by atoms with van der Waals surface area (Å²) in [6, 6.07) is 15.5. The van der Waals surface area contributed by atoms with Crippen LogP contribution in [-0.2, 0) is 4.79 Å². The van der Waals surface area contributed by atoms with Gasteiger partial charge >= 0.3 is 0 Å². The van der Waals surface area contributed by atoms with Crippen molar-refractivity contribution in [2.24, 2.45) is 5.10 Å². The normalized spacial score (nSPS) is 11.6. The lowest BCUT2D eigenvalue weighted by Crippen LogP contribution is -2.20. The van der Waals surface area contributed by atoms with Crippen molar-refractivity contribution in [2.75, 3.05) is 5.75 Å². The van der Waals surface area contributed by atoms with Crippen LogP contribution in [-0.4, -0.2) is 22.4 Å². The van der Waals surface area contributed by atoms with Gasteiger partial charge in [-0.3, -0.25) is 4.79 Å². The Balaban J connectivity index is 1.78. The summed E-state index contributed by atoms with van der Waals surface area (Å²) in [7, 11) is 0. The SMILES string of the molecule is CC(/C=C/c1ccccc1)=NNC(=O)CSc1ccccn1. The van der Waals surface area contributed by atoms with Gasteiger partial charge in [-0.1, -0.05) is 54.2 Å². The largest absolute Gasteiger partial charge is 0.272 e.